The Morgan fingerprint density at radius 1 is 1.22 bits per heavy atom. The number of benzene rings is 1. The Balaban J connectivity index is 1.55. The molecule has 2 amide bonds. The number of carbonyl (C=O) groups is 3. The predicted molar refractivity (Wildman–Crippen MR) is 95.3 cm³/mol. The largest absolute Gasteiger partial charge is 0.481 e. The number of hydrogen-bond donors (Lipinski definition) is 2. The molecule has 2 aliphatic heterocycles. The summed E-state index contributed by atoms with van der Waals surface area (Å²) >= 11 is 0. The van der Waals surface area contributed by atoms with Crippen LogP contribution in [0.3, 0.4) is 0 Å². The highest BCUT2D eigenvalue weighted by Crippen LogP contribution is 2.33. The van der Waals surface area contributed by atoms with Gasteiger partial charge in [-0.2, -0.15) is 0 Å². The summed E-state index contributed by atoms with van der Waals surface area (Å²) in [4.78, 5) is 36.7. The van der Waals surface area contributed by atoms with Crippen LogP contribution in [-0.2, 0) is 20.9 Å². The summed E-state index contributed by atoms with van der Waals surface area (Å²) < 4.78 is 10.6. The maximum absolute atomic E-state index is 12.5. The Hall–Kier alpha value is -2.77. The van der Waals surface area contributed by atoms with Crippen molar-refractivity contribution >= 4 is 17.8 Å². The molecule has 0 spiro atoms. The van der Waals surface area contributed by atoms with Gasteiger partial charge in [-0.15, -0.1) is 0 Å². The number of rotatable bonds is 8. The normalized spacial score (nSPS) is 20.4. The summed E-state index contributed by atoms with van der Waals surface area (Å²) in [6.45, 7) is 0.641. The van der Waals surface area contributed by atoms with Crippen molar-refractivity contribution in [2.75, 3.05) is 13.8 Å². The van der Waals surface area contributed by atoms with E-state index in [0.29, 0.717) is 43.7 Å². The van der Waals surface area contributed by atoms with Gasteiger partial charge in [0.25, 0.3) is 0 Å². The minimum Gasteiger partial charge on any atom is -0.481 e. The first-order chi connectivity index (χ1) is 12.9. The van der Waals surface area contributed by atoms with E-state index in [9.17, 15) is 14.4 Å². The molecular weight excluding hydrogens is 352 g/mol. The van der Waals surface area contributed by atoms with Gasteiger partial charge in [0, 0.05) is 38.4 Å². The lowest BCUT2D eigenvalue weighted by Gasteiger charge is -2.29. The first-order valence-electron chi connectivity index (χ1n) is 9.02. The van der Waals surface area contributed by atoms with Gasteiger partial charge >= 0.3 is 5.97 Å². The number of nitrogens with one attached hydrogen (secondary N) is 1. The molecule has 2 N–H and O–H groups in total. The molecule has 0 aromatic heterocycles. The lowest BCUT2D eigenvalue weighted by molar-refractivity contribution is -0.137. The van der Waals surface area contributed by atoms with Gasteiger partial charge in [0.15, 0.2) is 11.5 Å². The van der Waals surface area contributed by atoms with Crippen LogP contribution in [0.25, 0.3) is 0 Å². The number of carboxylic acid groups (broad SMARTS) is 1. The van der Waals surface area contributed by atoms with Gasteiger partial charge in [-0.1, -0.05) is 6.07 Å². The molecule has 1 aromatic rings. The monoisotopic (exact) mass is 376 g/mol. The Morgan fingerprint density at radius 3 is 2.67 bits per heavy atom. The van der Waals surface area contributed by atoms with E-state index in [1.165, 1.54) is 0 Å². The van der Waals surface area contributed by atoms with Crippen LogP contribution < -0.4 is 14.8 Å². The lowest BCUT2D eigenvalue weighted by Crippen LogP contribution is -2.43. The summed E-state index contributed by atoms with van der Waals surface area (Å²) in [5.74, 6) is 0.339. The SMILES string of the molecule is CN(Cc1ccc2c(c1)OCO2)C(=O)CC[C@]1(CCC(=O)O)CCC(=O)N1. The molecule has 27 heavy (non-hydrogen) atoms. The van der Waals surface area contributed by atoms with Crippen molar-refractivity contribution in [1.82, 2.24) is 10.2 Å². The molecule has 146 valence electrons. The molecule has 1 aromatic carbocycles. The highest BCUT2D eigenvalue weighted by molar-refractivity contribution is 5.80. The van der Waals surface area contributed by atoms with Crippen molar-refractivity contribution in [1.29, 1.82) is 0 Å². The van der Waals surface area contributed by atoms with Gasteiger partial charge in [-0.25, -0.2) is 0 Å². The van der Waals surface area contributed by atoms with Gasteiger partial charge in [0.05, 0.1) is 0 Å². The fourth-order valence-corrected chi connectivity index (χ4v) is 3.56. The van der Waals surface area contributed by atoms with E-state index in [0.717, 1.165) is 5.56 Å². The van der Waals surface area contributed by atoms with E-state index in [2.05, 4.69) is 5.32 Å². The zero-order chi connectivity index (χ0) is 19.4. The third-order valence-corrected chi connectivity index (χ3v) is 5.15. The van der Waals surface area contributed by atoms with Crippen LogP contribution >= 0.6 is 0 Å². The van der Waals surface area contributed by atoms with E-state index in [1.54, 1.807) is 11.9 Å². The molecule has 1 fully saturated rings. The van der Waals surface area contributed by atoms with E-state index < -0.39 is 11.5 Å². The standard InChI is InChI=1S/C19H24N2O6/c1-21(11-13-2-3-14-15(10-13)27-12-26-14)17(23)5-8-19(9-6-18(24)25)7-4-16(22)20-19/h2-3,10H,4-9,11-12H2,1H3,(H,20,22)(H,24,25)/t19-/m0/s1. The molecule has 0 radical (unpaired) electrons. The molecule has 0 bridgehead atoms. The zero-order valence-corrected chi connectivity index (χ0v) is 15.3. The first kappa shape index (κ1) is 19.0. The van der Waals surface area contributed by atoms with Crippen molar-refractivity contribution in [2.45, 2.75) is 50.6 Å². The second kappa shape index (κ2) is 7.85. The minimum absolute atomic E-state index is 0.0263. The Kier molecular flexibility index (Phi) is 5.53. The smallest absolute Gasteiger partial charge is 0.303 e. The van der Waals surface area contributed by atoms with Crippen LogP contribution in [0.15, 0.2) is 18.2 Å². The van der Waals surface area contributed by atoms with Crippen LogP contribution in [-0.4, -0.2) is 47.2 Å². The van der Waals surface area contributed by atoms with E-state index in [1.807, 2.05) is 18.2 Å². The highest BCUT2D eigenvalue weighted by atomic mass is 16.7. The summed E-state index contributed by atoms with van der Waals surface area (Å²) in [5.41, 5.74) is 0.343. The Labute approximate surface area is 157 Å². The summed E-state index contributed by atoms with van der Waals surface area (Å²) in [6, 6.07) is 5.57. The van der Waals surface area contributed by atoms with Crippen LogP contribution in [0.2, 0.25) is 0 Å². The van der Waals surface area contributed by atoms with Gasteiger partial charge in [0.2, 0.25) is 18.6 Å². The van der Waals surface area contributed by atoms with E-state index in [4.69, 9.17) is 14.6 Å². The molecule has 1 saturated heterocycles. The van der Waals surface area contributed by atoms with Gasteiger partial charge < -0.3 is 24.8 Å². The summed E-state index contributed by atoms with van der Waals surface area (Å²) in [7, 11) is 1.73. The Bertz CT molecular complexity index is 750. The fraction of sp³-hybridized carbons (Fsp3) is 0.526. The van der Waals surface area contributed by atoms with Crippen molar-refractivity contribution < 1.29 is 29.0 Å². The van der Waals surface area contributed by atoms with Crippen LogP contribution in [0, 0.1) is 0 Å². The van der Waals surface area contributed by atoms with Crippen LogP contribution in [0.5, 0.6) is 11.5 Å². The summed E-state index contributed by atoms with van der Waals surface area (Å²) in [6.07, 6.45) is 1.95. The second-order valence-corrected chi connectivity index (χ2v) is 7.16. The second-order valence-electron chi connectivity index (χ2n) is 7.16. The Morgan fingerprint density at radius 2 is 1.96 bits per heavy atom. The molecular formula is C19H24N2O6. The number of aliphatic carboxylic acids is 1. The average molecular weight is 376 g/mol. The number of nitrogens with zero attached hydrogens (tertiary/aromatic N) is 1. The molecule has 8 nitrogen and oxygen atoms in total. The van der Waals surface area contributed by atoms with E-state index in [-0.39, 0.29) is 31.4 Å². The molecule has 0 aliphatic carbocycles. The maximum atomic E-state index is 12.5. The average Bonchev–Trinajstić information content (AvgIpc) is 3.24. The van der Waals surface area contributed by atoms with Crippen molar-refractivity contribution in [2.24, 2.45) is 0 Å². The number of fused-ring (bicyclic) bond motifs is 1. The first-order valence-corrected chi connectivity index (χ1v) is 9.02. The predicted octanol–water partition coefficient (Wildman–Crippen LogP) is 1.67. The number of carbonyl (C=O) groups excluding carboxylic acids is 2. The maximum Gasteiger partial charge on any atom is 0.303 e. The number of ether oxygens (including phenoxy) is 2. The highest BCUT2D eigenvalue weighted by Gasteiger charge is 2.38. The number of hydrogen-bond acceptors (Lipinski definition) is 5. The molecule has 0 saturated carbocycles. The molecule has 2 aliphatic rings. The number of carboxylic acids is 1. The third kappa shape index (κ3) is 4.69. The van der Waals surface area contributed by atoms with Gasteiger partial charge in [-0.05, 0) is 37.0 Å². The number of amides is 2. The molecule has 2 heterocycles. The molecule has 3 rings (SSSR count). The quantitative estimate of drug-likeness (QED) is 0.715. The van der Waals surface area contributed by atoms with Gasteiger partial charge in [-0.3, -0.25) is 14.4 Å². The lowest BCUT2D eigenvalue weighted by atomic mass is 9.86. The molecule has 1 atom stereocenters. The van der Waals surface area contributed by atoms with Crippen LogP contribution in [0.4, 0.5) is 0 Å². The molecule has 8 heteroatoms. The van der Waals surface area contributed by atoms with Gasteiger partial charge in [0.1, 0.15) is 0 Å². The van der Waals surface area contributed by atoms with Crippen molar-refractivity contribution in [3.63, 3.8) is 0 Å². The zero-order valence-electron chi connectivity index (χ0n) is 15.3. The molecule has 0 unspecified atom stereocenters. The van der Waals surface area contributed by atoms with E-state index >= 15 is 0 Å². The minimum atomic E-state index is -0.901. The van der Waals surface area contributed by atoms with Crippen molar-refractivity contribution in [3.8, 4) is 11.5 Å². The third-order valence-electron chi connectivity index (χ3n) is 5.15. The van der Waals surface area contributed by atoms with Crippen molar-refractivity contribution in [3.05, 3.63) is 23.8 Å². The summed E-state index contributed by atoms with van der Waals surface area (Å²) in [5, 5.41) is 11.8. The van der Waals surface area contributed by atoms with Crippen LogP contribution in [0.1, 0.15) is 44.1 Å². The topological polar surface area (TPSA) is 105 Å². The fourth-order valence-electron chi connectivity index (χ4n) is 3.56.